The topological polar surface area (TPSA) is 61.9 Å². The predicted octanol–water partition coefficient (Wildman–Crippen LogP) is 4.44. The maximum absolute atomic E-state index is 13.3. The average molecular weight is 430 g/mol. The average Bonchev–Trinajstić information content (AvgIpc) is 3.40. The van der Waals surface area contributed by atoms with Gasteiger partial charge in [-0.1, -0.05) is 33.6 Å². The van der Waals surface area contributed by atoms with Crippen molar-refractivity contribution in [3.63, 3.8) is 0 Å². The molecule has 1 saturated heterocycles. The van der Waals surface area contributed by atoms with E-state index < -0.39 is 5.41 Å². The zero-order valence-electron chi connectivity index (χ0n) is 19.9. The van der Waals surface area contributed by atoms with Gasteiger partial charge in [-0.3, -0.25) is 9.59 Å². The molecule has 1 aromatic rings. The Morgan fingerprint density at radius 2 is 1.81 bits per heavy atom. The molecule has 1 heterocycles. The van der Waals surface area contributed by atoms with Crippen LogP contribution in [0.15, 0.2) is 18.2 Å². The lowest BCUT2D eigenvalue weighted by atomic mass is 9.94. The summed E-state index contributed by atoms with van der Waals surface area (Å²) >= 11 is 0. The molecule has 0 bridgehead atoms. The predicted molar refractivity (Wildman–Crippen MR) is 125 cm³/mol. The number of ether oxygens (including phenoxy) is 1. The Labute approximate surface area is 187 Å². The van der Waals surface area contributed by atoms with E-state index in [1.54, 1.807) is 0 Å². The highest BCUT2D eigenvalue weighted by Gasteiger charge is 2.31. The van der Waals surface area contributed by atoms with Gasteiger partial charge in [0.05, 0.1) is 6.10 Å². The number of benzene rings is 1. The molecule has 0 radical (unpaired) electrons. The Morgan fingerprint density at radius 3 is 2.39 bits per heavy atom. The van der Waals surface area contributed by atoms with Crippen molar-refractivity contribution in [2.45, 2.75) is 71.9 Å². The van der Waals surface area contributed by atoms with Gasteiger partial charge in [-0.15, -0.1) is 0 Å². The summed E-state index contributed by atoms with van der Waals surface area (Å²) in [5, 5.41) is 3.11. The van der Waals surface area contributed by atoms with E-state index in [0.29, 0.717) is 13.1 Å². The molecule has 31 heavy (non-hydrogen) atoms. The lowest BCUT2D eigenvalue weighted by molar-refractivity contribution is -0.141. The normalized spacial score (nSPS) is 19.5. The maximum atomic E-state index is 13.3. The number of nitrogens with one attached hydrogen (secondary N) is 1. The molecule has 0 aromatic heterocycles. The van der Waals surface area contributed by atoms with Crippen LogP contribution in [0.25, 0.3) is 0 Å². The molecule has 0 spiro atoms. The van der Waals surface area contributed by atoms with Crippen molar-refractivity contribution < 1.29 is 14.3 Å². The number of rotatable bonds is 7. The summed E-state index contributed by atoms with van der Waals surface area (Å²) < 4.78 is 5.83. The Hall–Kier alpha value is -2.08. The number of hydrogen-bond donors (Lipinski definition) is 1. The van der Waals surface area contributed by atoms with Gasteiger partial charge in [-0.25, -0.2) is 0 Å². The lowest BCUT2D eigenvalue weighted by Crippen LogP contribution is -2.43. The Bertz CT molecular complexity index is 773. The second kappa shape index (κ2) is 10.0. The van der Waals surface area contributed by atoms with Crippen LogP contribution >= 0.6 is 0 Å². The minimum absolute atomic E-state index is 0.0966. The van der Waals surface area contributed by atoms with Crippen LogP contribution in [-0.4, -0.2) is 50.1 Å². The van der Waals surface area contributed by atoms with E-state index in [0.717, 1.165) is 62.1 Å². The highest BCUT2D eigenvalue weighted by molar-refractivity contribution is 5.93. The first kappa shape index (κ1) is 23.6. The maximum Gasteiger partial charge on any atom is 0.228 e. The fourth-order valence-corrected chi connectivity index (χ4v) is 4.59. The van der Waals surface area contributed by atoms with Crippen molar-refractivity contribution in [2.24, 2.45) is 11.3 Å². The van der Waals surface area contributed by atoms with Crippen molar-refractivity contribution in [3.8, 4) is 0 Å². The first-order chi connectivity index (χ1) is 14.6. The van der Waals surface area contributed by atoms with Crippen molar-refractivity contribution in [3.05, 3.63) is 23.8 Å². The first-order valence-corrected chi connectivity index (χ1v) is 11.7. The standard InChI is InChI=1S/C25H39N3O3/c1-25(2,3)24(30)28(17-21-11-8-14-31-21)16-19-15-20(12-13-22(19)27(4)5)26-23(29)18-9-6-7-10-18/h12-13,15,18,21H,6-11,14,16-17H2,1-5H3,(H,26,29)/t21-/m0/s1. The van der Waals surface area contributed by atoms with Crippen molar-refractivity contribution in [1.82, 2.24) is 4.90 Å². The molecule has 1 aliphatic carbocycles. The van der Waals surface area contributed by atoms with E-state index in [9.17, 15) is 9.59 Å². The van der Waals surface area contributed by atoms with Gasteiger partial charge in [0, 0.05) is 56.5 Å². The first-order valence-electron chi connectivity index (χ1n) is 11.7. The number of carbonyl (C=O) groups is 2. The molecule has 2 aliphatic rings. The third-order valence-corrected chi connectivity index (χ3v) is 6.29. The van der Waals surface area contributed by atoms with Crippen molar-refractivity contribution in [2.75, 3.05) is 37.5 Å². The molecule has 2 amide bonds. The van der Waals surface area contributed by atoms with E-state index in [2.05, 4.69) is 10.2 Å². The Balaban J connectivity index is 1.83. The zero-order chi connectivity index (χ0) is 22.6. The number of anilines is 2. The van der Waals surface area contributed by atoms with Crippen LogP contribution in [0.4, 0.5) is 11.4 Å². The number of amides is 2. The van der Waals surface area contributed by atoms with E-state index >= 15 is 0 Å². The van der Waals surface area contributed by atoms with E-state index in [1.807, 2.05) is 58.0 Å². The molecule has 1 N–H and O–H groups in total. The Morgan fingerprint density at radius 1 is 1.10 bits per heavy atom. The van der Waals surface area contributed by atoms with Gasteiger partial charge in [-0.05, 0) is 49.4 Å². The molecular formula is C25H39N3O3. The summed E-state index contributed by atoms with van der Waals surface area (Å²) in [4.78, 5) is 29.9. The van der Waals surface area contributed by atoms with Gasteiger partial charge in [0.15, 0.2) is 0 Å². The van der Waals surface area contributed by atoms with Gasteiger partial charge >= 0.3 is 0 Å². The molecule has 6 heteroatoms. The molecule has 3 rings (SSSR count). The summed E-state index contributed by atoms with van der Waals surface area (Å²) in [6.45, 7) is 7.75. The molecule has 1 aliphatic heterocycles. The highest BCUT2D eigenvalue weighted by atomic mass is 16.5. The lowest BCUT2D eigenvalue weighted by Gasteiger charge is -2.32. The number of hydrogen-bond acceptors (Lipinski definition) is 4. The SMILES string of the molecule is CN(C)c1ccc(NC(=O)C2CCCC2)cc1CN(C[C@@H]1CCCO1)C(=O)C(C)(C)C. The molecule has 172 valence electrons. The van der Waals surface area contributed by atoms with Gasteiger partial charge in [-0.2, -0.15) is 0 Å². The van der Waals surface area contributed by atoms with Gasteiger partial charge in [0.2, 0.25) is 11.8 Å². The second-order valence-corrected chi connectivity index (χ2v) is 10.3. The minimum atomic E-state index is -0.467. The molecule has 1 atom stereocenters. The summed E-state index contributed by atoms with van der Waals surface area (Å²) in [6, 6.07) is 6.02. The van der Waals surface area contributed by atoms with Crippen molar-refractivity contribution >= 4 is 23.2 Å². The fraction of sp³-hybridized carbons (Fsp3) is 0.680. The molecule has 6 nitrogen and oxygen atoms in total. The largest absolute Gasteiger partial charge is 0.377 e. The van der Waals surface area contributed by atoms with Crippen LogP contribution in [-0.2, 0) is 20.9 Å². The molecule has 1 saturated carbocycles. The van der Waals surface area contributed by atoms with Gasteiger partial charge < -0.3 is 19.9 Å². The van der Waals surface area contributed by atoms with E-state index in [4.69, 9.17) is 4.74 Å². The minimum Gasteiger partial charge on any atom is -0.377 e. The summed E-state index contributed by atoms with van der Waals surface area (Å²) in [5.41, 5.74) is 2.42. The third kappa shape index (κ3) is 6.22. The Kier molecular flexibility index (Phi) is 7.63. The van der Waals surface area contributed by atoms with Crippen LogP contribution in [0.2, 0.25) is 0 Å². The summed E-state index contributed by atoms with van der Waals surface area (Å²) in [7, 11) is 4.01. The van der Waals surface area contributed by atoms with Crippen LogP contribution < -0.4 is 10.2 Å². The van der Waals surface area contributed by atoms with Gasteiger partial charge in [0.1, 0.15) is 0 Å². The summed E-state index contributed by atoms with van der Waals surface area (Å²) in [6.07, 6.45) is 6.36. The van der Waals surface area contributed by atoms with E-state index in [-0.39, 0.29) is 23.8 Å². The van der Waals surface area contributed by atoms with Crippen LogP contribution in [0, 0.1) is 11.3 Å². The number of nitrogens with zero attached hydrogens (tertiary/aromatic N) is 2. The smallest absolute Gasteiger partial charge is 0.228 e. The van der Waals surface area contributed by atoms with Crippen LogP contribution in [0.5, 0.6) is 0 Å². The quantitative estimate of drug-likeness (QED) is 0.696. The molecule has 1 aromatic carbocycles. The fourth-order valence-electron chi connectivity index (χ4n) is 4.59. The molecular weight excluding hydrogens is 390 g/mol. The van der Waals surface area contributed by atoms with E-state index in [1.165, 1.54) is 0 Å². The molecule has 2 fully saturated rings. The molecule has 0 unspecified atom stereocenters. The number of carbonyl (C=O) groups excluding carboxylic acids is 2. The van der Waals surface area contributed by atoms with Crippen molar-refractivity contribution in [1.29, 1.82) is 0 Å². The zero-order valence-corrected chi connectivity index (χ0v) is 19.9. The highest BCUT2D eigenvalue weighted by Crippen LogP contribution is 2.30. The third-order valence-electron chi connectivity index (χ3n) is 6.29. The monoisotopic (exact) mass is 429 g/mol. The van der Waals surface area contributed by atoms with Gasteiger partial charge in [0.25, 0.3) is 0 Å². The van der Waals surface area contributed by atoms with Crippen LogP contribution in [0.3, 0.4) is 0 Å². The summed E-state index contributed by atoms with van der Waals surface area (Å²) in [5.74, 6) is 0.353. The second-order valence-electron chi connectivity index (χ2n) is 10.3. The van der Waals surface area contributed by atoms with Crippen LogP contribution in [0.1, 0.15) is 64.9 Å².